The summed E-state index contributed by atoms with van der Waals surface area (Å²) in [5.74, 6) is 0.866. The zero-order valence-electron chi connectivity index (χ0n) is 21.0. The summed E-state index contributed by atoms with van der Waals surface area (Å²) in [5, 5.41) is 21.5. The largest absolute Gasteiger partial charge is 0.497 e. The molecular weight excluding hydrogens is 488 g/mol. The van der Waals surface area contributed by atoms with Gasteiger partial charge < -0.3 is 29.3 Å². The van der Waals surface area contributed by atoms with Gasteiger partial charge in [-0.05, 0) is 41.3 Å². The Morgan fingerprint density at radius 1 is 1.00 bits per heavy atom. The minimum atomic E-state index is -1.50. The molecule has 0 aliphatic carbocycles. The van der Waals surface area contributed by atoms with Gasteiger partial charge in [0.05, 0.1) is 31.5 Å². The van der Waals surface area contributed by atoms with Crippen LogP contribution in [0.4, 0.5) is 10.5 Å². The van der Waals surface area contributed by atoms with Gasteiger partial charge in [-0.1, -0.05) is 48.5 Å². The number of hydrogen-bond acceptors (Lipinski definition) is 6. The summed E-state index contributed by atoms with van der Waals surface area (Å²) >= 11 is 0. The van der Waals surface area contributed by atoms with Crippen LogP contribution in [0.15, 0.2) is 72.8 Å². The van der Waals surface area contributed by atoms with Gasteiger partial charge in [0.2, 0.25) is 0 Å². The summed E-state index contributed by atoms with van der Waals surface area (Å²) < 4.78 is 16.7. The number of methoxy groups -OCH3 is 2. The van der Waals surface area contributed by atoms with E-state index in [0.717, 1.165) is 21.6 Å². The minimum Gasteiger partial charge on any atom is -0.497 e. The maximum absolute atomic E-state index is 13.7. The average Bonchev–Trinajstić information content (AvgIpc) is 3.04. The monoisotopic (exact) mass is 516 g/mol. The SMILES string of the molecule is COc1ccc(C2=CCN3C(=O)c4cc(OC)c(OCc5ccccc5)cc4N(C(=O)O)C(O)[C@@H]3C2)cc1. The fraction of sp³-hybridized carbons (Fsp3) is 0.241. The molecule has 0 radical (unpaired) electrons. The van der Waals surface area contributed by atoms with E-state index in [2.05, 4.69) is 0 Å². The Morgan fingerprint density at radius 3 is 2.39 bits per heavy atom. The topological polar surface area (TPSA) is 109 Å². The minimum absolute atomic E-state index is 0.0410. The quantitative estimate of drug-likeness (QED) is 0.500. The second kappa shape index (κ2) is 10.5. The van der Waals surface area contributed by atoms with Crippen molar-refractivity contribution < 1.29 is 34.0 Å². The molecule has 2 N–H and O–H groups in total. The molecule has 2 heterocycles. The lowest BCUT2D eigenvalue weighted by molar-refractivity contribution is 0.0411. The van der Waals surface area contributed by atoms with Gasteiger partial charge in [-0.3, -0.25) is 4.79 Å². The number of benzene rings is 3. The summed E-state index contributed by atoms with van der Waals surface area (Å²) in [6, 6.07) is 19.1. The first-order valence-electron chi connectivity index (χ1n) is 12.1. The van der Waals surface area contributed by atoms with E-state index in [1.54, 1.807) is 7.11 Å². The van der Waals surface area contributed by atoms with Crippen molar-refractivity contribution in [2.24, 2.45) is 0 Å². The van der Waals surface area contributed by atoms with Crippen molar-refractivity contribution in [3.05, 3.63) is 89.5 Å². The highest BCUT2D eigenvalue weighted by Gasteiger charge is 2.44. The lowest BCUT2D eigenvalue weighted by Crippen LogP contribution is -2.54. The maximum atomic E-state index is 13.7. The lowest BCUT2D eigenvalue weighted by atomic mass is 9.93. The third kappa shape index (κ3) is 4.64. The average molecular weight is 517 g/mol. The molecule has 38 heavy (non-hydrogen) atoms. The van der Waals surface area contributed by atoms with Crippen LogP contribution in [0.2, 0.25) is 0 Å². The zero-order valence-corrected chi connectivity index (χ0v) is 21.0. The molecule has 3 aromatic rings. The van der Waals surface area contributed by atoms with E-state index < -0.39 is 24.3 Å². The highest BCUT2D eigenvalue weighted by molar-refractivity contribution is 6.06. The number of fused-ring (bicyclic) bond motifs is 2. The van der Waals surface area contributed by atoms with Crippen LogP contribution < -0.4 is 19.1 Å². The van der Waals surface area contributed by atoms with Gasteiger partial charge in [0.1, 0.15) is 12.4 Å². The molecule has 3 aromatic carbocycles. The molecule has 0 saturated heterocycles. The highest BCUT2D eigenvalue weighted by Crippen LogP contribution is 2.42. The zero-order chi connectivity index (χ0) is 26.8. The third-order valence-corrected chi connectivity index (χ3v) is 6.91. The number of hydrogen-bond donors (Lipinski definition) is 2. The van der Waals surface area contributed by atoms with Gasteiger partial charge in [-0.2, -0.15) is 0 Å². The summed E-state index contributed by atoms with van der Waals surface area (Å²) in [4.78, 5) is 28.5. The van der Waals surface area contributed by atoms with Gasteiger partial charge in [0.15, 0.2) is 17.7 Å². The fourth-order valence-corrected chi connectivity index (χ4v) is 4.92. The van der Waals surface area contributed by atoms with Crippen molar-refractivity contribution in [2.75, 3.05) is 25.7 Å². The standard InChI is InChI=1S/C29H28N2O7/c1-36-21-10-8-19(9-11-21)20-12-13-30-24(14-20)28(33)31(29(34)35)23-16-26(25(37-2)15-22(23)27(30)32)38-17-18-6-4-3-5-7-18/h3-12,15-16,24,28,33H,13-14,17H2,1-2H3,(H,34,35)/t24-,28?/m0/s1. The molecule has 0 spiro atoms. The van der Waals surface area contributed by atoms with Crippen LogP contribution in [0.5, 0.6) is 17.2 Å². The van der Waals surface area contributed by atoms with Crippen LogP contribution in [0.3, 0.4) is 0 Å². The Kier molecular flexibility index (Phi) is 6.93. The first-order valence-corrected chi connectivity index (χ1v) is 12.1. The molecule has 0 bridgehead atoms. The number of rotatable bonds is 6. The molecule has 2 amide bonds. The second-order valence-corrected chi connectivity index (χ2v) is 9.05. The number of aliphatic hydroxyl groups excluding tert-OH is 1. The normalized spacial score (nSPS) is 18.6. The Hall–Kier alpha value is -4.50. The van der Waals surface area contributed by atoms with Gasteiger partial charge in [0, 0.05) is 12.6 Å². The molecule has 2 aliphatic heterocycles. The van der Waals surface area contributed by atoms with Crippen LogP contribution in [-0.2, 0) is 6.61 Å². The molecule has 0 aromatic heterocycles. The molecule has 0 fully saturated rings. The van der Waals surface area contributed by atoms with Crippen molar-refractivity contribution in [1.29, 1.82) is 0 Å². The van der Waals surface area contributed by atoms with Crippen LogP contribution in [0, 0.1) is 0 Å². The van der Waals surface area contributed by atoms with Crippen LogP contribution in [0.25, 0.3) is 5.57 Å². The Bertz CT molecular complexity index is 1370. The number of carbonyl (C=O) groups excluding carboxylic acids is 1. The lowest BCUT2D eigenvalue weighted by Gasteiger charge is -2.38. The van der Waals surface area contributed by atoms with E-state index in [1.165, 1.54) is 24.1 Å². The van der Waals surface area contributed by atoms with E-state index >= 15 is 0 Å². The highest BCUT2D eigenvalue weighted by atomic mass is 16.5. The van der Waals surface area contributed by atoms with Crippen molar-refractivity contribution in [3.63, 3.8) is 0 Å². The Morgan fingerprint density at radius 2 is 1.74 bits per heavy atom. The van der Waals surface area contributed by atoms with E-state index in [1.807, 2.05) is 60.7 Å². The summed E-state index contributed by atoms with van der Waals surface area (Å²) in [7, 11) is 3.04. The van der Waals surface area contributed by atoms with E-state index in [-0.39, 0.29) is 42.3 Å². The fourth-order valence-electron chi connectivity index (χ4n) is 4.92. The van der Waals surface area contributed by atoms with Crippen molar-refractivity contribution in [1.82, 2.24) is 4.90 Å². The van der Waals surface area contributed by atoms with E-state index in [4.69, 9.17) is 14.2 Å². The third-order valence-electron chi connectivity index (χ3n) is 6.91. The number of amides is 2. The Labute approximate surface area is 220 Å². The van der Waals surface area contributed by atoms with Crippen LogP contribution in [0.1, 0.15) is 27.9 Å². The Balaban J connectivity index is 1.51. The van der Waals surface area contributed by atoms with Crippen molar-refractivity contribution in [3.8, 4) is 17.2 Å². The molecule has 2 atom stereocenters. The van der Waals surface area contributed by atoms with Crippen LogP contribution >= 0.6 is 0 Å². The number of aliphatic hydroxyl groups is 1. The van der Waals surface area contributed by atoms with Gasteiger partial charge in [0.25, 0.3) is 5.91 Å². The van der Waals surface area contributed by atoms with Gasteiger partial charge >= 0.3 is 6.09 Å². The number of carbonyl (C=O) groups is 2. The number of ether oxygens (including phenoxy) is 3. The predicted molar refractivity (Wildman–Crippen MR) is 141 cm³/mol. The first-order chi connectivity index (χ1) is 18.4. The smallest absolute Gasteiger partial charge is 0.414 e. The molecule has 5 rings (SSSR count). The van der Waals surface area contributed by atoms with Gasteiger partial charge in [-0.25, -0.2) is 9.69 Å². The summed E-state index contributed by atoms with van der Waals surface area (Å²) in [6.07, 6.45) is -0.692. The second-order valence-electron chi connectivity index (χ2n) is 9.05. The van der Waals surface area contributed by atoms with Crippen LogP contribution in [-0.4, -0.2) is 60.1 Å². The summed E-state index contributed by atoms with van der Waals surface area (Å²) in [5.41, 5.74) is 2.87. The molecule has 0 saturated carbocycles. The summed E-state index contributed by atoms with van der Waals surface area (Å²) in [6.45, 7) is 0.423. The molecule has 2 aliphatic rings. The van der Waals surface area contributed by atoms with Crippen molar-refractivity contribution >= 4 is 23.3 Å². The van der Waals surface area contributed by atoms with Crippen molar-refractivity contribution in [2.45, 2.75) is 25.3 Å². The number of carboxylic acid groups (broad SMARTS) is 1. The molecular formula is C29H28N2O7. The number of nitrogens with zero attached hydrogens (tertiary/aromatic N) is 2. The molecule has 9 heteroatoms. The molecule has 9 nitrogen and oxygen atoms in total. The molecule has 1 unspecified atom stereocenters. The molecule has 196 valence electrons. The first kappa shape index (κ1) is 25.2. The number of anilines is 1. The maximum Gasteiger partial charge on any atom is 0.414 e. The van der Waals surface area contributed by atoms with E-state index in [9.17, 15) is 19.8 Å². The predicted octanol–water partition coefficient (Wildman–Crippen LogP) is 4.40. The van der Waals surface area contributed by atoms with Gasteiger partial charge in [-0.15, -0.1) is 0 Å². The van der Waals surface area contributed by atoms with E-state index in [0.29, 0.717) is 5.75 Å².